The van der Waals surface area contributed by atoms with E-state index in [4.69, 9.17) is 4.74 Å². The Hall–Kier alpha value is -2.89. The Morgan fingerprint density at radius 3 is 2.19 bits per heavy atom. The Bertz CT molecular complexity index is 795. The van der Waals surface area contributed by atoms with Gasteiger partial charge in [-0.15, -0.1) is 0 Å². The van der Waals surface area contributed by atoms with E-state index >= 15 is 0 Å². The zero-order valence-electron chi connectivity index (χ0n) is 15.8. The van der Waals surface area contributed by atoms with E-state index in [1.807, 2.05) is 46.8 Å². The number of nitrogens with one attached hydrogen (secondary N) is 2. The molecule has 1 aromatic heterocycles. The molecule has 0 atom stereocenters. The van der Waals surface area contributed by atoms with Crippen molar-refractivity contribution in [2.75, 3.05) is 5.32 Å². The van der Waals surface area contributed by atoms with Gasteiger partial charge in [-0.25, -0.2) is 4.98 Å². The highest BCUT2D eigenvalue weighted by molar-refractivity contribution is 6.04. The Labute approximate surface area is 154 Å². The fourth-order valence-corrected chi connectivity index (χ4v) is 2.21. The van der Waals surface area contributed by atoms with E-state index in [0.717, 1.165) is 0 Å². The van der Waals surface area contributed by atoms with Crippen LogP contribution < -0.4 is 15.4 Å². The quantitative estimate of drug-likeness (QED) is 0.858. The Kier molecular flexibility index (Phi) is 5.97. The lowest BCUT2D eigenvalue weighted by Gasteiger charge is -2.20. The second kappa shape index (κ2) is 7.99. The second-order valence-electron chi connectivity index (χ2n) is 7.23. The van der Waals surface area contributed by atoms with E-state index in [-0.39, 0.29) is 28.9 Å². The zero-order chi connectivity index (χ0) is 19.3. The number of para-hydroxylation sites is 2. The number of ether oxygens (including phenoxy) is 1. The van der Waals surface area contributed by atoms with Crippen molar-refractivity contribution < 1.29 is 14.3 Å². The lowest BCUT2D eigenvalue weighted by molar-refractivity contribution is 0.0914. The van der Waals surface area contributed by atoms with Crippen LogP contribution in [0.3, 0.4) is 0 Å². The molecule has 26 heavy (non-hydrogen) atoms. The number of carbonyl (C=O) groups is 2. The normalized spacial score (nSPS) is 11.2. The first-order valence-electron chi connectivity index (χ1n) is 8.52. The zero-order valence-corrected chi connectivity index (χ0v) is 15.8. The van der Waals surface area contributed by atoms with Crippen LogP contribution in [0.1, 0.15) is 55.6 Å². The number of carbonyl (C=O) groups excluding carboxylic acids is 2. The third kappa shape index (κ3) is 5.58. The smallest absolute Gasteiger partial charge is 0.274 e. The fourth-order valence-electron chi connectivity index (χ4n) is 2.21. The van der Waals surface area contributed by atoms with Crippen molar-refractivity contribution in [2.24, 2.45) is 0 Å². The van der Waals surface area contributed by atoms with Crippen LogP contribution in [0.2, 0.25) is 0 Å². The van der Waals surface area contributed by atoms with Crippen LogP contribution in [0.15, 0.2) is 42.5 Å². The maximum Gasteiger partial charge on any atom is 0.274 e. The van der Waals surface area contributed by atoms with E-state index in [1.165, 1.54) is 0 Å². The van der Waals surface area contributed by atoms with Gasteiger partial charge in [-0.1, -0.05) is 18.2 Å². The minimum Gasteiger partial charge on any atom is -0.489 e. The molecular formula is C20H25N3O3. The third-order valence-electron chi connectivity index (χ3n) is 3.20. The number of rotatable bonds is 5. The maximum absolute atomic E-state index is 12.6. The standard InChI is InChI=1S/C20H25N3O3/c1-13(2)26-17-12-7-6-9-14(17)22-18(24)15-10-8-11-16(21-15)19(25)23-20(3,4)5/h6-13H,1-5H3,(H,22,24)(H,23,25). The van der Waals surface area contributed by atoms with E-state index in [9.17, 15) is 9.59 Å². The lowest BCUT2D eigenvalue weighted by atomic mass is 10.1. The van der Waals surface area contributed by atoms with Gasteiger partial charge < -0.3 is 15.4 Å². The number of hydrogen-bond acceptors (Lipinski definition) is 4. The summed E-state index contributed by atoms with van der Waals surface area (Å²) in [4.78, 5) is 29.0. The van der Waals surface area contributed by atoms with Crippen LogP contribution in [0.25, 0.3) is 0 Å². The summed E-state index contributed by atoms with van der Waals surface area (Å²) < 4.78 is 5.70. The molecule has 0 radical (unpaired) electrons. The summed E-state index contributed by atoms with van der Waals surface area (Å²) in [6.07, 6.45) is -0.0180. The average molecular weight is 355 g/mol. The highest BCUT2D eigenvalue weighted by Crippen LogP contribution is 2.25. The van der Waals surface area contributed by atoms with Crippen molar-refractivity contribution in [1.29, 1.82) is 0 Å². The lowest BCUT2D eigenvalue weighted by Crippen LogP contribution is -2.41. The van der Waals surface area contributed by atoms with Crippen LogP contribution in [0.4, 0.5) is 5.69 Å². The van der Waals surface area contributed by atoms with Gasteiger partial charge in [0.1, 0.15) is 17.1 Å². The second-order valence-corrected chi connectivity index (χ2v) is 7.23. The van der Waals surface area contributed by atoms with Crippen LogP contribution in [-0.2, 0) is 0 Å². The van der Waals surface area contributed by atoms with Gasteiger partial charge in [-0.3, -0.25) is 9.59 Å². The molecule has 2 amide bonds. The van der Waals surface area contributed by atoms with Crippen LogP contribution in [-0.4, -0.2) is 28.4 Å². The molecule has 0 saturated heterocycles. The predicted octanol–water partition coefficient (Wildman–Crippen LogP) is 3.65. The van der Waals surface area contributed by atoms with Crippen molar-refractivity contribution >= 4 is 17.5 Å². The minimum absolute atomic E-state index is 0.0180. The number of nitrogens with zero attached hydrogens (tertiary/aromatic N) is 1. The number of pyridine rings is 1. The summed E-state index contributed by atoms with van der Waals surface area (Å²) in [6, 6.07) is 12.0. The van der Waals surface area contributed by atoms with E-state index in [0.29, 0.717) is 11.4 Å². The number of amides is 2. The molecule has 0 fully saturated rings. The van der Waals surface area contributed by atoms with Gasteiger partial charge in [0, 0.05) is 5.54 Å². The molecule has 6 heteroatoms. The summed E-state index contributed by atoms with van der Waals surface area (Å²) in [7, 11) is 0. The summed E-state index contributed by atoms with van der Waals surface area (Å²) >= 11 is 0. The molecule has 1 heterocycles. The van der Waals surface area contributed by atoms with Gasteiger partial charge in [0.05, 0.1) is 11.8 Å². The Morgan fingerprint density at radius 2 is 1.58 bits per heavy atom. The highest BCUT2D eigenvalue weighted by atomic mass is 16.5. The molecule has 0 aliphatic heterocycles. The molecule has 0 bridgehead atoms. The molecule has 0 aliphatic rings. The van der Waals surface area contributed by atoms with Crippen molar-refractivity contribution in [3.8, 4) is 5.75 Å². The number of anilines is 1. The molecule has 2 aromatic rings. The molecule has 2 N–H and O–H groups in total. The molecule has 0 unspecified atom stereocenters. The maximum atomic E-state index is 12.6. The van der Waals surface area contributed by atoms with Gasteiger partial charge in [0.15, 0.2) is 0 Å². The number of benzene rings is 1. The van der Waals surface area contributed by atoms with Crippen LogP contribution in [0.5, 0.6) is 5.75 Å². The minimum atomic E-state index is -0.407. The van der Waals surface area contributed by atoms with Crippen molar-refractivity contribution in [2.45, 2.75) is 46.3 Å². The topological polar surface area (TPSA) is 80.3 Å². The number of hydrogen-bond donors (Lipinski definition) is 2. The summed E-state index contributed by atoms with van der Waals surface area (Å²) in [5.41, 5.74) is 0.521. The number of aromatic nitrogens is 1. The molecular weight excluding hydrogens is 330 g/mol. The Morgan fingerprint density at radius 1 is 0.962 bits per heavy atom. The molecule has 2 rings (SSSR count). The molecule has 6 nitrogen and oxygen atoms in total. The molecule has 138 valence electrons. The largest absolute Gasteiger partial charge is 0.489 e. The van der Waals surface area contributed by atoms with E-state index in [1.54, 1.807) is 30.3 Å². The fraction of sp³-hybridized carbons (Fsp3) is 0.350. The van der Waals surface area contributed by atoms with Crippen molar-refractivity contribution in [3.63, 3.8) is 0 Å². The van der Waals surface area contributed by atoms with Gasteiger partial charge >= 0.3 is 0 Å². The van der Waals surface area contributed by atoms with Gasteiger partial charge in [-0.2, -0.15) is 0 Å². The van der Waals surface area contributed by atoms with Crippen molar-refractivity contribution in [1.82, 2.24) is 10.3 Å². The first-order valence-corrected chi connectivity index (χ1v) is 8.52. The monoisotopic (exact) mass is 355 g/mol. The molecule has 1 aromatic carbocycles. The molecule has 0 spiro atoms. The molecule has 0 aliphatic carbocycles. The first kappa shape index (κ1) is 19.4. The highest BCUT2D eigenvalue weighted by Gasteiger charge is 2.18. The van der Waals surface area contributed by atoms with Crippen LogP contribution in [0, 0.1) is 0 Å². The summed E-state index contributed by atoms with van der Waals surface area (Å²) in [5, 5.41) is 5.62. The summed E-state index contributed by atoms with van der Waals surface area (Å²) in [5.74, 6) is -0.150. The van der Waals surface area contributed by atoms with E-state index < -0.39 is 5.91 Å². The van der Waals surface area contributed by atoms with Crippen LogP contribution >= 0.6 is 0 Å². The van der Waals surface area contributed by atoms with E-state index in [2.05, 4.69) is 15.6 Å². The van der Waals surface area contributed by atoms with Gasteiger partial charge in [0.25, 0.3) is 11.8 Å². The average Bonchev–Trinajstić information content (AvgIpc) is 2.54. The first-order chi connectivity index (χ1) is 12.2. The SMILES string of the molecule is CC(C)Oc1ccccc1NC(=O)c1cccc(C(=O)NC(C)(C)C)n1. The van der Waals surface area contributed by atoms with Gasteiger partial charge in [0.2, 0.25) is 0 Å². The summed E-state index contributed by atoms with van der Waals surface area (Å²) in [6.45, 7) is 9.47. The predicted molar refractivity (Wildman–Crippen MR) is 102 cm³/mol. The molecule has 0 saturated carbocycles. The van der Waals surface area contributed by atoms with Gasteiger partial charge in [-0.05, 0) is 58.9 Å². The Balaban J connectivity index is 2.19. The van der Waals surface area contributed by atoms with Crippen molar-refractivity contribution in [3.05, 3.63) is 53.9 Å². The third-order valence-corrected chi connectivity index (χ3v) is 3.20.